The number of carbonyl (C=O) groups is 2. The van der Waals surface area contributed by atoms with Crippen LogP contribution in [0.15, 0.2) is 42.5 Å². The number of carbonyl (C=O) groups excluding carboxylic acids is 2. The van der Waals surface area contributed by atoms with Gasteiger partial charge in [-0.15, -0.1) is 0 Å². The van der Waals surface area contributed by atoms with Crippen LogP contribution < -0.4 is 5.32 Å². The molecule has 1 atom stereocenters. The van der Waals surface area contributed by atoms with E-state index in [0.717, 1.165) is 29.3 Å². The fourth-order valence-corrected chi connectivity index (χ4v) is 3.15. The highest BCUT2D eigenvalue weighted by molar-refractivity contribution is 5.88. The Bertz CT molecular complexity index is 823. The highest BCUT2D eigenvalue weighted by Crippen LogP contribution is 2.30. The van der Waals surface area contributed by atoms with E-state index in [1.165, 1.54) is 11.8 Å². The molecular weight excluding hydrogens is 326 g/mol. The van der Waals surface area contributed by atoms with Crippen molar-refractivity contribution < 1.29 is 18.4 Å². The number of nitrogens with one attached hydrogen (secondary N) is 1. The zero-order valence-electron chi connectivity index (χ0n) is 13.8. The quantitative estimate of drug-likeness (QED) is 0.931. The molecule has 1 aliphatic rings. The summed E-state index contributed by atoms with van der Waals surface area (Å²) in [6, 6.07) is 9.78. The van der Waals surface area contributed by atoms with Crippen LogP contribution in [0.2, 0.25) is 0 Å². The van der Waals surface area contributed by atoms with Gasteiger partial charge in [-0.2, -0.15) is 0 Å². The maximum atomic E-state index is 13.7. The maximum absolute atomic E-state index is 13.7. The molecule has 25 heavy (non-hydrogen) atoms. The zero-order valence-corrected chi connectivity index (χ0v) is 13.8. The lowest BCUT2D eigenvalue weighted by atomic mass is 9.92. The molecule has 1 N–H and O–H groups in total. The summed E-state index contributed by atoms with van der Waals surface area (Å²) in [5, 5.41) is 2.62. The first-order valence-electron chi connectivity index (χ1n) is 8.04. The molecule has 0 saturated carbocycles. The Balaban J connectivity index is 1.83. The number of rotatable bonds is 3. The molecule has 2 amide bonds. The van der Waals surface area contributed by atoms with Crippen molar-refractivity contribution in [2.45, 2.75) is 25.9 Å². The molecule has 0 unspecified atom stereocenters. The number of fused-ring (bicyclic) bond motifs is 1. The highest BCUT2D eigenvalue weighted by Gasteiger charge is 2.34. The maximum Gasteiger partial charge on any atom is 0.247 e. The number of amides is 2. The summed E-state index contributed by atoms with van der Waals surface area (Å²) in [6.45, 7) is 1.71. The highest BCUT2D eigenvalue weighted by atomic mass is 19.1. The van der Waals surface area contributed by atoms with Crippen LogP contribution in [0.4, 0.5) is 8.78 Å². The second kappa shape index (κ2) is 7.01. The standard InChI is InChI=1S/C19H18F2N2O2/c1-12(24)23-9-8-13-4-2-3-5-16(13)18(23)19(25)22-11-14-10-15(20)6-7-17(14)21/h2-7,10,18H,8-9,11H2,1H3,(H,22,25)/t18-/m1/s1. The van der Waals surface area contributed by atoms with Gasteiger partial charge < -0.3 is 10.2 Å². The van der Waals surface area contributed by atoms with Crippen molar-refractivity contribution in [3.8, 4) is 0 Å². The summed E-state index contributed by atoms with van der Waals surface area (Å²) in [6.07, 6.45) is 0.679. The van der Waals surface area contributed by atoms with Crippen molar-refractivity contribution in [1.82, 2.24) is 10.2 Å². The first-order valence-corrected chi connectivity index (χ1v) is 8.04. The summed E-state index contributed by atoms with van der Waals surface area (Å²) in [5.41, 5.74) is 1.84. The van der Waals surface area contributed by atoms with Crippen LogP contribution in [0.1, 0.15) is 29.7 Å². The summed E-state index contributed by atoms with van der Waals surface area (Å²) < 4.78 is 27.0. The van der Waals surface area contributed by atoms with Gasteiger partial charge in [0.1, 0.15) is 17.7 Å². The Hall–Kier alpha value is -2.76. The Labute approximate surface area is 144 Å². The van der Waals surface area contributed by atoms with Crippen molar-refractivity contribution in [3.63, 3.8) is 0 Å². The molecule has 2 aromatic carbocycles. The van der Waals surface area contributed by atoms with Gasteiger partial charge in [-0.05, 0) is 35.7 Å². The van der Waals surface area contributed by atoms with Gasteiger partial charge in [-0.3, -0.25) is 9.59 Å². The molecule has 4 nitrogen and oxygen atoms in total. The largest absolute Gasteiger partial charge is 0.350 e. The predicted octanol–water partition coefficient (Wildman–Crippen LogP) is 2.73. The number of nitrogens with zero attached hydrogens (tertiary/aromatic N) is 1. The van der Waals surface area contributed by atoms with E-state index in [-0.39, 0.29) is 18.0 Å². The third-order valence-corrected chi connectivity index (χ3v) is 4.40. The summed E-state index contributed by atoms with van der Waals surface area (Å²) >= 11 is 0. The smallest absolute Gasteiger partial charge is 0.247 e. The summed E-state index contributed by atoms with van der Waals surface area (Å²) in [7, 11) is 0. The van der Waals surface area contributed by atoms with Crippen LogP contribution in [0.5, 0.6) is 0 Å². The molecule has 0 spiro atoms. The Morgan fingerprint density at radius 1 is 1.20 bits per heavy atom. The van der Waals surface area contributed by atoms with E-state index in [2.05, 4.69) is 5.32 Å². The average molecular weight is 344 g/mol. The minimum absolute atomic E-state index is 0.0619. The van der Waals surface area contributed by atoms with Gasteiger partial charge in [-0.1, -0.05) is 24.3 Å². The van der Waals surface area contributed by atoms with Gasteiger partial charge >= 0.3 is 0 Å². The Morgan fingerprint density at radius 2 is 1.96 bits per heavy atom. The second-order valence-electron chi connectivity index (χ2n) is 6.02. The van der Waals surface area contributed by atoms with Gasteiger partial charge in [0.15, 0.2) is 0 Å². The van der Waals surface area contributed by atoms with Crippen LogP contribution in [0, 0.1) is 11.6 Å². The molecule has 1 heterocycles. The molecule has 0 radical (unpaired) electrons. The molecule has 2 aromatic rings. The fraction of sp³-hybridized carbons (Fsp3) is 0.263. The molecule has 130 valence electrons. The monoisotopic (exact) mass is 344 g/mol. The van der Waals surface area contributed by atoms with E-state index in [1.54, 1.807) is 0 Å². The molecule has 1 aliphatic heterocycles. The third-order valence-electron chi connectivity index (χ3n) is 4.40. The second-order valence-corrected chi connectivity index (χ2v) is 6.02. The predicted molar refractivity (Wildman–Crippen MR) is 88.5 cm³/mol. The van der Waals surface area contributed by atoms with Crippen molar-refractivity contribution in [1.29, 1.82) is 0 Å². The minimum atomic E-state index is -0.765. The summed E-state index contributed by atoms with van der Waals surface area (Å²) in [4.78, 5) is 26.2. The fourth-order valence-electron chi connectivity index (χ4n) is 3.15. The van der Waals surface area contributed by atoms with Crippen LogP contribution in [-0.4, -0.2) is 23.3 Å². The third kappa shape index (κ3) is 3.52. The van der Waals surface area contributed by atoms with Gasteiger partial charge in [0.05, 0.1) is 0 Å². The average Bonchev–Trinajstić information content (AvgIpc) is 2.61. The van der Waals surface area contributed by atoms with Gasteiger partial charge in [0.2, 0.25) is 11.8 Å². The van der Waals surface area contributed by atoms with Gasteiger partial charge in [-0.25, -0.2) is 8.78 Å². The van der Waals surface area contributed by atoms with Crippen LogP contribution in [0.25, 0.3) is 0 Å². The van der Waals surface area contributed by atoms with Crippen molar-refractivity contribution in [2.75, 3.05) is 6.54 Å². The van der Waals surface area contributed by atoms with Gasteiger partial charge in [0.25, 0.3) is 0 Å². The van der Waals surface area contributed by atoms with Crippen molar-refractivity contribution in [2.24, 2.45) is 0 Å². The topological polar surface area (TPSA) is 49.4 Å². The molecular formula is C19H18F2N2O2. The van der Waals surface area contributed by atoms with E-state index in [1.807, 2.05) is 24.3 Å². The van der Waals surface area contributed by atoms with E-state index in [0.29, 0.717) is 13.0 Å². The van der Waals surface area contributed by atoms with Crippen LogP contribution >= 0.6 is 0 Å². The molecule has 0 aliphatic carbocycles. The molecule has 0 saturated heterocycles. The lowest BCUT2D eigenvalue weighted by molar-refractivity contribution is -0.139. The van der Waals surface area contributed by atoms with Crippen LogP contribution in [0.3, 0.4) is 0 Å². The molecule has 0 fully saturated rings. The minimum Gasteiger partial charge on any atom is -0.350 e. The Morgan fingerprint density at radius 3 is 2.72 bits per heavy atom. The molecule has 6 heteroatoms. The zero-order chi connectivity index (χ0) is 18.0. The molecule has 0 aromatic heterocycles. The van der Waals surface area contributed by atoms with E-state index < -0.39 is 23.6 Å². The lowest BCUT2D eigenvalue weighted by Crippen LogP contribution is -2.46. The SMILES string of the molecule is CC(=O)N1CCc2ccccc2[C@@H]1C(=O)NCc1cc(F)ccc1F. The molecule has 0 bridgehead atoms. The Kier molecular flexibility index (Phi) is 4.79. The number of halogens is 2. The normalized spacial score (nSPS) is 16.3. The van der Waals surface area contributed by atoms with E-state index in [9.17, 15) is 18.4 Å². The van der Waals surface area contributed by atoms with E-state index >= 15 is 0 Å². The lowest BCUT2D eigenvalue weighted by Gasteiger charge is -2.35. The van der Waals surface area contributed by atoms with Crippen molar-refractivity contribution in [3.05, 3.63) is 70.8 Å². The first-order chi connectivity index (χ1) is 12.0. The number of hydrogen-bond donors (Lipinski definition) is 1. The number of hydrogen-bond acceptors (Lipinski definition) is 2. The van der Waals surface area contributed by atoms with E-state index in [4.69, 9.17) is 0 Å². The molecule has 3 rings (SSSR count). The first kappa shape index (κ1) is 17.1. The van der Waals surface area contributed by atoms with Gasteiger partial charge in [0, 0.05) is 25.6 Å². The van der Waals surface area contributed by atoms with Crippen LogP contribution in [-0.2, 0) is 22.6 Å². The van der Waals surface area contributed by atoms with Crippen molar-refractivity contribution >= 4 is 11.8 Å². The summed E-state index contributed by atoms with van der Waals surface area (Å²) in [5.74, 6) is -1.77. The number of benzene rings is 2.